The number of nitrogens with two attached hydrogens (primary N) is 2. The van der Waals surface area contributed by atoms with Crippen LogP contribution in [-0.2, 0) is 16.1 Å². The normalized spacial score (nSPS) is 27.7. The summed E-state index contributed by atoms with van der Waals surface area (Å²) in [5, 5.41) is 3.22. The fourth-order valence-corrected chi connectivity index (χ4v) is 5.11. The van der Waals surface area contributed by atoms with E-state index >= 15 is 0 Å². The van der Waals surface area contributed by atoms with Gasteiger partial charge in [0.15, 0.2) is 5.54 Å². The van der Waals surface area contributed by atoms with Gasteiger partial charge in [-0.1, -0.05) is 18.2 Å². The largest absolute Gasteiger partial charge is 0.384 e. The van der Waals surface area contributed by atoms with E-state index in [-0.39, 0.29) is 28.8 Å². The molecular formula is C22H28N5O2+. The van der Waals surface area contributed by atoms with Crippen LogP contribution in [0, 0.1) is 12.8 Å². The van der Waals surface area contributed by atoms with E-state index in [9.17, 15) is 9.59 Å². The number of fused-ring (bicyclic) bond motifs is 1. The van der Waals surface area contributed by atoms with Crippen molar-refractivity contribution in [3.8, 4) is 0 Å². The average Bonchev–Trinajstić information content (AvgIpc) is 3.46. The Hall–Kier alpha value is -2.93. The molecule has 1 aliphatic carbocycles. The molecule has 7 heteroatoms. The Balaban J connectivity index is 1.69. The number of carbonyl (C=O) groups excluding carboxylic acids is 2. The number of likely N-dealkylation sites (tertiary alicyclic amines) is 1. The second-order valence-electron chi connectivity index (χ2n) is 8.28. The number of piperidine rings is 1. The van der Waals surface area contributed by atoms with Gasteiger partial charge in [0.1, 0.15) is 18.9 Å². The Bertz CT molecular complexity index is 947. The van der Waals surface area contributed by atoms with E-state index in [1.165, 1.54) is 0 Å². The van der Waals surface area contributed by atoms with E-state index in [2.05, 4.69) is 10.3 Å². The summed E-state index contributed by atoms with van der Waals surface area (Å²) in [6.07, 6.45) is 2.53. The van der Waals surface area contributed by atoms with Gasteiger partial charge < -0.3 is 16.8 Å². The van der Waals surface area contributed by atoms with Gasteiger partial charge in [0, 0.05) is 29.3 Å². The molecule has 2 fully saturated rings. The Morgan fingerprint density at radius 3 is 2.69 bits per heavy atom. The number of primary amides is 1. The first-order valence-corrected chi connectivity index (χ1v) is 10.1. The lowest BCUT2D eigenvalue weighted by Crippen LogP contribution is -2.68. The number of benzene rings is 1. The smallest absolute Gasteiger partial charge is 0.334 e. The predicted octanol–water partition coefficient (Wildman–Crippen LogP) is 1.97. The minimum Gasteiger partial charge on any atom is -0.384 e. The molecule has 29 heavy (non-hydrogen) atoms. The molecule has 4 rings (SSSR count). The zero-order chi connectivity index (χ0) is 20.6. The van der Waals surface area contributed by atoms with E-state index in [0.717, 1.165) is 29.8 Å². The number of aromatic nitrogens is 1. The van der Waals surface area contributed by atoms with E-state index in [4.69, 9.17) is 11.5 Å². The van der Waals surface area contributed by atoms with Crippen LogP contribution in [0.1, 0.15) is 30.5 Å². The van der Waals surface area contributed by atoms with Crippen molar-refractivity contribution in [2.45, 2.75) is 38.3 Å². The van der Waals surface area contributed by atoms with E-state index in [0.29, 0.717) is 25.3 Å². The molecular weight excluding hydrogens is 366 g/mol. The second-order valence-corrected chi connectivity index (χ2v) is 8.28. The van der Waals surface area contributed by atoms with Gasteiger partial charge in [0.2, 0.25) is 0 Å². The number of anilines is 2. The quantitative estimate of drug-likeness (QED) is 0.649. The van der Waals surface area contributed by atoms with Crippen molar-refractivity contribution in [3.63, 3.8) is 0 Å². The summed E-state index contributed by atoms with van der Waals surface area (Å²) in [6.45, 7) is 3.06. The number of hydrogen-bond acceptors (Lipinski definition) is 5. The minimum atomic E-state index is -0.804. The van der Waals surface area contributed by atoms with Crippen molar-refractivity contribution in [1.29, 1.82) is 0 Å². The number of nitrogens with one attached hydrogen (secondary N) is 1. The van der Waals surface area contributed by atoms with Crippen molar-refractivity contribution < 1.29 is 14.1 Å². The molecule has 2 amide bonds. The Kier molecular flexibility index (Phi) is 4.78. The standard InChI is InChI=1S/C22H27N5O2/c1-15-16(9-10-19(23)26-15)14-27(11-5-6-17-12-22(17,27)21(24)29)20(28)13-25-18-7-3-2-4-8-18/h2-4,7-10,17,25H,5-6,11-14H2,1H3,(H3-,23,24,26,29)/p+1/t17-,22+,27?/m1/s1. The Labute approximate surface area is 170 Å². The summed E-state index contributed by atoms with van der Waals surface area (Å²) in [7, 11) is 0. The highest BCUT2D eigenvalue weighted by molar-refractivity contribution is 5.90. The molecule has 1 saturated heterocycles. The van der Waals surface area contributed by atoms with Gasteiger partial charge in [-0.3, -0.25) is 4.79 Å². The third-order valence-electron chi connectivity index (χ3n) is 6.71. The zero-order valence-corrected chi connectivity index (χ0v) is 16.7. The van der Waals surface area contributed by atoms with Crippen LogP contribution < -0.4 is 16.8 Å². The van der Waals surface area contributed by atoms with Crippen LogP contribution in [0.5, 0.6) is 0 Å². The molecule has 1 saturated carbocycles. The maximum atomic E-state index is 13.7. The summed E-state index contributed by atoms with van der Waals surface area (Å²) < 4.78 is 0.0687. The third kappa shape index (κ3) is 3.15. The van der Waals surface area contributed by atoms with E-state index in [1.807, 2.05) is 43.3 Å². The monoisotopic (exact) mass is 394 g/mol. The molecule has 1 aromatic heterocycles. The number of carbonyl (C=O) groups is 2. The van der Waals surface area contributed by atoms with Crippen molar-refractivity contribution in [1.82, 2.24) is 4.98 Å². The molecule has 5 N–H and O–H groups in total. The minimum absolute atomic E-state index is 0.00826. The maximum Gasteiger partial charge on any atom is 0.334 e. The zero-order valence-electron chi connectivity index (χ0n) is 16.7. The van der Waals surface area contributed by atoms with Crippen molar-refractivity contribution in [3.05, 3.63) is 53.7 Å². The molecule has 7 nitrogen and oxygen atoms in total. The fourth-order valence-electron chi connectivity index (χ4n) is 5.11. The van der Waals surface area contributed by atoms with Gasteiger partial charge in [-0.2, -0.15) is 0 Å². The first kappa shape index (κ1) is 19.4. The number of hydrogen-bond donors (Lipinski definition) is 3. The Morgan fingerprint density at radius 2 is 2.00 bits per heavy atom. The third-order valence-corrected chi connectivity index (χ3v) is 6.71. The first-order chi connectivity index (χ1) is 13.9. The van der Waals surface area contributed by atoms with Gasteiger partial charge in [-0.15, -0.1) is 0 Å². The van der Waals surface area contributed by atoms with Gasteiger partial charge in [-0.05, 0) is 44.0 Å². The fraction of sp³-hybridized carbons (Fsp3) is 0.409. The molecule has 0 radical (unpaired) electrons. The molecule has 3 atom stereocenters. The lowest BCUT2D eigenvalue weighted by atomic mass is 9.95. The van der Waals surface area contributed by atoms with Gasteiger partial charge in [0.25, 0.3) is 5.91 Å². The molecule has 0 bridgehead atoms. The molecule has 1 unspecified atom stereocenters. The van der Waals surface area contributed by atoms with E-state index < -0.39 is 5.54 Å². The SMILES string of the molecule is Cc1nc(N)ccc1C[N+]1(C(=O)CNc2ccccc2)CCC[C@@H]2C[C@@]21C(N)=O. The molecule has 152 valence electrons. The molecule has 2 aromatic rings. The van der Waals surface area contributed by atoms with Crippen molar-refractivity contribution in [2.24, 2.45) is 11.7 Å². The van der Waals surface area contributed by atoms with Gasteiger partial charge in [-0.25, -0.2) is 14.3 Å². The van der Waals surface area contributed by atoms with Crippen molar-refractivity contribution >= 4 is 23.3 Å². The topological polar surface area (TPSA) is 111 Å². The average molecular weight is 394 g/mol. The summed E-state index contributed by atoms with van der Waals surface area (Å²) in [6, 6.07) is 13.3. The van der Waals surface area contributed by atoms with Gasteiger partial charge >= 0.3 is 5.91 Å². The van der Waals surface area contributed by atoms with Crippen LogP contribution in [0.3, 0.4) is 0 Å². The number of nitrogen functional groups attached to an aromatic ring is 1. The summed E-state index contributed by atoms with van der Waals surface area (Å²) in [4.78, 5) is 30.7. The number of pyridine rings is 1. The van der Waals surface area contributed by atoms with Crippen LogP contribution >= 0.6 is 0 Å². The van der Waals surface area contributed by atoms with Crippen LogP contribution in [0.25, 0.3) is 0 Å². The highest BCUT2D eigenvalue weighted by Crippen LogP contribution is 2.59. The predicted molar refractivity (Wildman–Crippen MR) is 111 cm³/mol. The highest BCUT2D eigenvalue weighted by Gasteiger charge is 2.76. The Morgan fingerprint density at radius 1 is 1.24 bits per heavy atom. The summed E-state index contributed by atoms with van der Waals surface area (Å²) in [5.74, 6) is 0.251. The van der Waals surface area contributed by atoms with Crippen molar-refractivity contribution in [2.75, 3.05) is 24.1 Å². The lowest BCUT2D eigenvalue weighted by Gasteiger charge is -2.45. The lowest BCUT2D eigenvalue weighted by molar-refractivity contribution is -0.899. The second kappa shape index (κ2) is 7.15. The van der Waals surface area contributed by atoms with Crippen LogP contribution in [-0.4, -0.2) is 39.9 Å². The number of quaternary nitrogens is 1. The number of para-hydroxylation sites is 1. The molecule has 2 aliphatic rings. The number of rotatable bonds is 6. The number of amides is 2. The summed E-state index contributed by atoms with van der Waals surface area (Å²) >= 11 is 0. The van der Waals surface area contributed by atoms with E-state index in [1.54, 1.807) is 6.07 Å². The number of aryl methyl sites for hydroxylation is 1. The molecule has 0 spiro atoms. The molecule has 1 aliphatic heterocycles. The van der Waals surface area contributed by atoms with Crippen LogP contribution in [0.15, 0.2) is 42.5 Å². The molecule has 2 heterocycles. The maximum absolute atomic E-state index is 13.7. The highest BCUT2D eigenvalue weighted by atomic mass is 16.2. The first-order valence-electron chi connectivity index (χ1n) is 10.1. The van der Waals surface area contributed by atoms with Crippen LogP contribution in [0.4, 0.5) is 11.5 Å². The molecule has 1 aromatic carbocycles. The van der Waals surface area contributed by atoms with Gasteiger partial charge in [0.05, 0.1) is 6.54 Å². The summed E-state index contributed by atoms with van der Waals surface area (Å²) in [5.41, 5.74) is 13.5. The van der Waals surface area contributed by atoms with Crippen LogP contribution in [0.2, 0.25) is 0 Å². The number of nitrogens with zero attached hydrogens (tertiary/aromatic N) is 2.